The van der Waals surface area contributed by atoms with Crippen molar-refractivity contribution in [2.75, 3.05) is 6.54 Å². The van der Waals surface area contributed by atoms with E-state index in [9.17, 15) is 4.79 Å². The first-order valence-corrected chi connectivity index (χ1v) is 9.91. The molecule has 2 aromatic carbocycles. The van der Waals surface area contributed by atoms with E-state index < -0.39 is 0 Å². The first kappa shape index (κ1) is 18.3. The number of benzene rings is 2. The zero-order valence-electron chi connectivity index (χ0n) is 15.9. The van der Waals surface area contributed by atoms with Crippen molar-refractivity contribution < 1.29 is 9.53 Å². The molecule has 0 N–H and O–H groups in total. The molecule has 1 unspecified atom stereocenters. The summed E-state index contributed by atoms with van der Waals surface area (Å²) >= 11 is 0. The van der Waals surface area contributed by atoms with Crippen molar-refractivity contribution in [1.82, 2.24) is 4.90 Å². The Kier molecular flexibility index (Phi) is 5.43. The molecular formula is C24H24N2O2. The van der Waals surface area contributed by atoms with E-state index in [1.165, 1.54) is 24.8 Å². The highest BCUT2D eigenvalue weighted by Crippen LogP contribution is 2.41. The Morgan fingerprint density at radius 3 is 2.50 bits per heavy atom. The highest BCUT2D eigenvalue weighted by atomic mass is 16.6. The van der Waals surface area contributed by atoms with Crippen molar-refractivity contribution in [2.45, 2.75) is 38.3 Å². The fourth-order valence-electron chi connectivity index (χ4n) is 3.95. The van der Waals surface area contributed by atoms with Crippen LogP contribution in [-0.2, 0) is 11.3 Å². The summed E-state index contributed by atoms with van der Waals surface area (Å²) in [4.78, 5) is 14.7. The van der Waals surface area contributed by atoms with Crippen LogP contribution >= 0.6 is 0 Å². The Bertz CT molecular complexity index is 892. The molecular weight excluding hydrogens is 348 g/mol. The summed E-state index contributed by atoms with van der Waals surface area (Å²) in [6.45, 7) is 0.847. The second-order valence-electron chi connectivity index (χ2n) is 7.55. The van der Waals surface area contributed by atoms with Crippen molar-refractivity contribution in [1.29, 1.82) is 5.26 Å². The average Bonchev–Trinajstić information content (AvgIpc) is 2.71. The van der Waals surface area contributed by atoms with Crippen LogP contribution in [0.2, 0.25) is 0 Å². The third-order valence-corrected chi connectivity index (χ3v) is 5.85. The Labute approximate surface area is 166 Å². The molecule has 2 aromatic rings. The van der Waals surface area contributed by atoms with E-state index in [1.807, 2.05) is 59.5 Å². The minimum absolute atomic E-state index is 0.0448. The van der Waals surface area contributed by atoms with E-state index >= 15 is 0 Å². The maximum absolute atomic E-state index is 12.9. The molecule has 142 valence electrons. The minimum atomic E-state index is -0.290. The van der Waals surface area contributed by atoms with Gasteiger partial charge in [-0.25, -0.2) is 4.79 Å². The predicted molar refractivity (Wildman–Crippen MR) is 107 cm³/mol. The molecule has 2 aliphatic rings. The zero-order chi connectivity index (χ0) is 19.3. The Hall–Kier alpha value is -3.06. The maximum Gasteiger partial charge on any atom is 0.410 e. The number of hydrogen-bond acceptors (Lipinski definition) is 3. The van der Waals surface area contributed by atoms with Gasteiger partial charge in [0.2, 0.25) is 0 Å². The summed E-state index contributed by atoms with van der Waals surface area (Å²) in [5, 5.41) is 9.07. The molecule has 0 bridgehead atoms. The lowest BCUT2D eigenvalue weighted by Crippen LogP contribution is -2.39. The Morgan fingerprint density at radius 2 is 1.86 bits per heavy atom. The molecule has 1 fully saturated rings. The van der Waals surface area contributed by atoms with Crippen LogP contribution in [-0.4, -0.2) is 17.5 Å². The van der Waals surface area contributed by atoms with Crippen LogP contribution in [0.4, 0.5) is 4.79 Å². The largest absolute Gasteiger partial charge is 0.445 e. The summed E-state index contributed by atoms with van der Waals surface area (Å²) in [7, 11) is 0. The van der Waals surface area contributed by atoms with Crippen LogP contribution in [0.1, 0.15) is 48.4 Å². The first-order chi connectivity index (χ1) is 13.7. The molecule has 0 radical (unpaired) electrons. The molecule has 1 heterocycles. The third-order valence-electron chi connectivity index (χ3n) is 5.85. The Morgan fingerprint density at radius 1 is 1.11 bits per heavy atom. The van der Waals surface area contributed by atoms with Crippen molar-refractivity contribution in [3.8, 4) is 6.07 Å². The fourth-order valence-corrected chi connectivity index (χ4v) is 3.95. The molecule has 4 heteroatoms. The van der Waals surface area contributed by atoms with Gasteiger partial charge in [-0.05, 0) is 48.4 Å². The molecule has 4 rings (SSSR count). The molecule has 4 nitrogen and oxygen atoms in total. The number of carbonyl (C=O) groups is 1. The van der Waals surface area contributed by atoms with Gasteiger partial charge in [-0.2, -0.15) is 5.26 Å². The molecule has 1 amide bonds. The number of nitriles is 1. The zero-order valence-corrected chi connectivity index (χ0v) is 15.9. The highest BCUT2D eigenvalue weighted by Gasteiger charge is 2.33. The van der Waals surface area contributed by atoms with Crippen molar-refractivity contribution in [3.05, 3.63) is 82.9 Å². The van der Waals surface area contributed by atoms with Gasteiger partial charge in [0.25, 0.3) is 0 Å². The summed E-state index contributed by atoms with van der Waals surface area (Å²) in [5.74, 6) is 0.670. The van der Waals surface area contributed by atoms with Gasteiger partial charge in [-0.3, -0.25) is 4.90 Å². The Balaban J connectivity index is 1.52. The lowest BCUT2D eigenvalue weighted by Gasteiger charge is -2.39. The number of ether oxygens (including phenoxy) is 1. The van der Waals surface area contributed by atoms with Gasteiger partial charge in [-0.1, -0.05) is 60.5 Å². The average molecular weight is 372 g/mol. The van der Waals surface area contributed by atoms with Crippen LogP contribution in [0.3, 0.4) is 0 Å². The molecule has 1 aliphatic heterocycles. The van der Waals surface area contributed by atoms with Gasteiger partial charge in [0, 0.05) is 6.54 Å². The van der Waals surface area contributed by atoms with E-state index in [-0.39, 0.29) is 18.7 Å². The van der Waals surface area contributed by atoms with Crippen molar-refractivity contribution in [2.24, 2.45) is 5.92 Å². The van der Waals surface area contributed by atoms with Crippen LogP contribution in [0.5, 0.6) is 0 Å². The smallest absolute Gasteiger partial charge is 0.410 e. The van der Waals surface area contributed by atoms with Crippen molar-refractivity contribution in [3.63, 3.8) is 0 Å². The van der Waals surface area contributed by atoms with Gasteiger partial charge < -0.3 is 4.74 Å². The molecule has 0 aromatic heterocycles. The lowest BCUT2D eigenvalue weighted by atomic mass is 9.75. The first-order valence-electron chi connectivity index (χ1n) is 9.91. The molecule has 0 saturated heterocycles. The quantitative estimate of drug-likeness (QED) is 0.678. The second kappa shape index (κ2) is 8.31. The molecule has 1 aliphatic carbocycles. The third kappa shape index (κ3) is 3.94. The second-order valence-corrected chi connectivity index (χ2v) is 7.55. The number of nitrogens with zero attached hydrogens (tertiary/aromatic N) is 2. The van der Waals surface area contributed by atoms with Gasteiger partial charge in [-0.15, -0.1) is 0 Å². The molecule has 1 saturated carbocycles. The monoisotopic (exact) mass is 372 g/mol. The standard InChI is InChI=1S/C24H24N2O2/c25-16-18-9-11-21(12-10-18)23-15-22(20-7-4-8-20)13-14-26(23)24(27)28-17-19-5-2-1-3-6-19/h1-3,5-6,9-13,20,23H,4,7-8,14-15,17H2. The van der Waals surface area contributed by atoms with E-state index in [2.05, 4.69) is 12.1 Å². The maximum atomic E-state index is 12.9. The van der Waals surface area contributed by atoms with Gasteiger partial charge in [0.1, 0.15) is 6.61 Å². The SMILES string of the molecule is N#Cc1ccc(C2CC(C3CCC3)=CCN2C(=O)OCc2ccccc2)cc1. The van der Waals surface area contributed by atoms with E-state index in [1.54, 1.807) is 0 Å². The summed E-state index contributed by atoms with van der Waals surface area (Å²) in [6.07, 6.45) is 6.58. The van der Waals surface area contributed by atoms with Crippen LogP contribution in [0.15, 0.2) is 66.2 Å². The van der Waals surface area contributed by atoms with E-state index in [0.29, 0.717) is 18.0 Å². The van der Waals surface area contributed by atoms with Crippen molar-refractivity contribution >= 4 is 6.09 Å². The van der Waals surface area contributed by atoms with Gasteiger partial charge in [0.05, 0.1) is 17.7 Å². The van der Waals surface area contributed by atoms with E-state index in [0.717, 1.165) is 17.5 Å². The summed E-state index contributed by atoms with van der Waals surface area (Å²) in [6, 6.07) is 19.4. The van der Waals surface area contributed by atoms with Gasteiger partial charge in [0.15, 0.2) is 0 Å². The van der Waals surface area contributed by atoms with E-state index in [4.69, 9.17) is 10.00 Å². The number of hydrogen-bond donors (Lipinski definition) is 0. The van der Waals surface area contributed by atoms with Gasteiger partial charge >= 0.3 is 6.09 Å². The topological polar surface area (TPSA) is 53.3 Å². The lowest BCUT2D eigenvalue weighted by molar-refractivity contribution is 0.0807. The van der Waals surface area contributed by atoms with Crippen LogP contribution in [0, 0.1) is 17.2 Å². The van der Waals surface area contributed by atoms with Crippen LogP contribution < -0.4 is 0 Å². The number of rotatable bonds is 4. The molecule has 0 spiro atoms. The summed E-state index contributed by atoms with van der Waals surface area (Å²) in [5.41, 5.74) is 4.13. The number of amides is 1. The fraction of sp³-hybridized carbons (Fsp3) is 0.333. The molecule has 1 atom stereocenters. The predicted octanol–water partition coefficient (Wildman–Crippen LogP) is 5.37. The highest BCUT2D eigenvalue weighted by molar-refractivity contribution is 5.69. The minimum Gasteiger partial charge on any atom is -0.445 e. The van der Waals surface area contributed by atoms with Crippen LogP contribution in [0.25, 0.3) is 0 Å². The molecule has 28 heavy (non-hydrogen) atoms. The summed E-state index contributed by atoms with van der Waals surface area (Å²) < 4.78 is 5.61. The normalized spacial score (nSPS) is 19.3. The number of carbonyl (C=O) groups excluding carboxylic acids is 1.